The van der Waals surface area contributed by atoms with Crippen LogP contribution in [0.2, 0.25) is 0 Å². The SMILES string of the molecule is Cc1cc(C)cc(N(C)C(=O)CCC(=O)N2CCC(O)CC2)c1. The van der Waals surface area contributed by atoms with Gasteiger partial charge in [0, 0.05) is 38.7 Å². The number of amides is 2. The number of nitrogens with zero attached hydrogens (tertiary/aromatic N) is 2. The van der Waals surface area contributed by atoms with Crippen LogP contribution in [-0.4, -0.2) is 48.1 Å². The number of benzene rings is 1. The van der Waals surface area contributed by atoms with Crippen LogP contribution in [0.4, 0.5) is 5.69 Å². The smallest absolute Gasteiger partial charge is 0.227 e. The number of piperidine rings is 1. The summed E-state index contributed by atoms with van der Waals surface area (Å²) in [6.07, 6.45) is 1.40. The fraction of sp³-hybridized carbons (Fsp3) is 0.556. The van der Waals surface area contributed by atoms with E-state index >= 15 is 0 Å². The van der Waals surface area contributed by atoms with Crippen LogP contribution in [0.1, 0.15) is 36.8 Å². The third-order valence-corrected chi connectivity index (χ3v) is 4.34. The normalized spacial score (nSPS) is 15.6. The highest BCUT2D eigenvalue weighted by Crippen LogP contribution is 2.19. The van der Waals surface area contributed by atoms with Gasteiger partial charge in [0.2, 0.25) is 11.8 Å². The molecule has 1 aliphatic heterocycles. The third kappa shape index (κ3) is 4.79. The third-order valence-electron chi connectivity index (χ3n) is 4.34. The first-order valence-corrected chi connectivity index (χ1v) is 8.17. The molecule has 0 bridgehead atoms. The van der Waals surface area contributed by atoms with E-state index in [9.17, 15) is 14.7 Å². The van der Waals surface area contributed by atoms with E-state index in [2.05, 4.69) is 6.07 Å². The minimum atomic E-state index is -0.295. The van der Waals surface area contributed by atoms with Crippen molar-refractivity contribution in [3.8, 4) is 0 Å². The highest BCUT2D eigenvalue weighted by Gasteiger charge is 2.22. The Hall–Kier alpha value is -1.88. The molecule has 0 aromatic heterocycles. The molecule has 1 aromatic carbocycles. The van der Waals surface area contributed by atoms with Gasteiger partial charge in [-0.2, -0.15) is 0 Å². The Kier molecular flexibility index (Phi) is 5.77. The fourth-order valence-electron chi connectivity index (χ4n) is 2.94. The summed E-state index contributed by atoms with van der Waals surface area (Å²) in [7, 11) is 1.75. The second-order valence-electron chi connectivity index (χ2n) is 6.41. The molecule has 0 saturated carbocycles. The first-order chi connectivity index (χ1) is 10.9. The molecular formula is C18H26N2O3. The van der Waals surface area contributed by atoms with Gasteiger partial charge in [-0.05, 0) is 49.9 Å². The molecule has 0 atom stereocenters. The Balaban J connectivity index is 1.87. The van der Waals surface area contributed by atoms with Crippen LogP contribution in [-0.2, 0) is 9.59 Å². The summed E-state index contributed by atoms with van der Waals surface area (Å²) in [5.41, 5.74) is 3.09. The van der Waals surface area contributed by atoms with E-state index < -0.39 is 0 Å². The van der Waals surface area contributed by atoms with E-state index in [-0.39, 0.29) is 30.8 Å². The van der Waals surface area contributed by atoms with Crippen molar-refractivity contribution in [3.05, 3.63) is 29.3 Å². The zero-order valence-corrected chi connectivity index (χ0v) is 14.2. The molecule has 1 aliphatic rings. The van der Waals surface area contributed by atoms with Gasteiger partial charge in [0.25, 0.3) is 0 Å². The maximum Gasteiger partial charge on any atom is 0.227 e. The highest BCUT2D eigenvalue weighted by molar-refractivity contribution is 5.95. The molecule has 1 heterocycles. The van der Waals surface area contributed by atoms with Crippen LogP contribution in [0.3, 0.4) is 0 Å². The summed E-state index contributed by atoms with van der Waals surface area (Å²) in [5, 5.41) is 9.47. The van der Waals surface area contributed by atoms with Crippen molar-refractivity contribution >= 4 is 17.5 Å². The molecule has 1 aromatic rings. The van der Waals surface area contributed by atoms with E-state index in [0.717, 1.165) is 16.8 Å². The highest BCUT2D eigenvalue weighted by atomic mass is 16.3. The molecule has 126 valence electrons. The Morgan fingerprint density at radius 3 is 2.26 bits per heavy atom. The number of aryl methyl sites for hydroxylation is 2. The Bertz CT molecular complexity index is 557. The lowest BCUT2D eigenvalue weighted by Crippen LogP contribution is -2.40. The summed E-state index contributed by atoms with van der Waals surface area (Å²) >= 11 is 0. The van der Waals surface area contributed by atoms with Crippen LogP contribution >= 0.6 is 0 Å². The molecule has 5 nitrogen and oxygen atoms in total. The molecule has 5 heteroatoms. The summed E-state index contributed by atoms with van der Waals surface area (Å²) in [4.78, 5) is 27.8. The number of likely N-dealkylation sites (tertiary alicyclic amines) is 1. The topological polar surface area (TPSA) is 60.9 Å². The summed E-state index contributed by atoms with van der Waals surface area (Å²) in [5.74, 6) is -0.0560. The number of aliphatic hydroxyl groups is 1. The van der Waals surface area contributed by atoms with Gasteiger partial charge >= 0.3 is 0 Å². The molecule has 1 saturated heterocycles. The van der Waals surface area contributed by atoms with Crippen molar-refractivity contribution < 1.29 is 14.7 Å². The van der Waals surface area contributed by atoms with Gasteiger partial charge in [0.05, 0.1) is 6.10 Å². The maximum atomic E-state index is 12.3. The summed E-state index contributed by atoms with van der Waals surface area (Å²) in [6.45, 7) is 5.18. The number of anilines is 1. The molecule has 0 aliphatic carbocycles. The fourth-order valence-corrected chi connectivity index (χ4v) is 2.94. The van der Waals surface area contributed by atoms with E-state index in [4.69, 9.17) is 0 Å². The van der Waals surface area contributed by atoms with Crippen LogP contribution in [0.5, 0.6) is 0 Å². The summed E-state index contributed by atoms with van der Waals surface area (Å²) in [6, 6.07) is 6.01. The van der Waals surface area contributed by atoms with Gasteiger partial charge < -0.3 is 14.9 Å². The lowest BCUT2D eigenvalue weighted by Gasteiger charge is -2.29. The van der Waals surface area contributed by atoms with Crippen LogP contribution < -0.4 is 4.90 Å². The van der Waals surface area contributed by atoms with Crippen molar-refractivity contribution in [1.29, 1.82) is 0 Å². The number of rotatable bonds is 4. The van der Waals surface area contributed by atoms with Crippen LogP contribution in [0, 0.1) is 13.8 Å². The Labute approximate surface area is 137 Å². The average Bonchev–Trinajstić information content (AvgIpc) is 2.51. The van der Waals surface area contributed by atoms with Gasteiger partial charge in [-0.3, -0.25) is 9.59 Å². The molecule has 2 amide bonds. The Morgan fingerprint density at radius 1 is 1.13 bits per heavy atom. The average molecular weight is 318 g/mol. The van der Waals surface area contributed by atoms with E-state index in [1.807, 2.05) is 26.0 Å². The van der Waals surface area contributed by atoms with Gasteiger partial charge in [-0.1, -0.05) is 6.07 Å². The zero-order valence-electron chi connectivity index (χ0n) is 14.2. The minimum absolute atomic E-state index is 0.000859. The molecule has 2 rings (SSSR count). The molecule has 23 heavy (non-hydrogen) atoms. The second-order valence-corrected chi connectivity index (χ2v) is 6.41. The predicted molar refractivity (Wildman–Crippen MR) is 90.4 cm³/mol. The first kappa shape index (κ1) is 17.5. The number of carbonyl (C=O) groups is 2. The van der Waals surface area contributed by atoms with Gasteiger partial charge in [0.15, 0.2) is 0 Å². The van der Waals surface area contributed by atoms with E-state index in [1.54, 1.807) is 16.8 Å². The monoisotopic (exact) mass is 318 g/mol. The van der Waals surface area contributed by atoms with Gasteiger partial charge in [0.1, 0.15) is 0 Å². The number of carbonyl (C=O) groups excluding carboxylic acids is 2. The molecule has 1 N–H and O–H groups in total. The van der Waals surface area contributed by atoms with E-state index in [0.29, 0.717) is 25.9 Å². The molecular weight excluding hydrogens is 292 g/mol. The van der Waals surface area contributed by atoms with Crippen molar-refractivity contribution in [2.75, 3.05) is 25.0 Å². The number of hydrogen-bond acceptors (Lipinski definition) is 3. The molecule has 0 radical (unpaired) electrons. The van der Waals surface area contributed by atoms with Crippen molar-refractivity contribution in [3.63, 3.8) is 0 Å². The van der Waals surface area contributed by atoms with Crippen molar-refractivity contribution in [1.82, 2.24) is 4.90 Å². The summed E-state index contributed by atoms with van der Waals surface area (Å²) < 4.78 is 0. The number of aliphatic hydroxyl groups excluding tert-OH is 1. The largest absolute Gasteiger partial charge is 0.393 e. The predicted octanol–water partition coefficient (Wildman–Crippen LogP) is 2.03. The van der Waals surface area contributed by atoms with Crippen LogP contribution in [0.25, 0.3) is 0 Å². The standard InChI is InChI=1S/C18H26N2O3/c1-13-10-14(2)12-15(11-13)19(3)17(22)4-5-18(23)20-8-6-16(21)7-9-20/h10-12,16,21H,4-9H2,1-3H3. The molecule has 1 fully saturated rings. The second kappa shape index (κ2) is 7.59. The number of hydrogen-bond donors (Lipinski definition) is 1. The lowest BCUT2D eigenvalue weighted by atomic mass is 10.1. The van der Waals surface area contributed by atoms with Crippen LogP contribution in [0.15, 0.2) is 18.2 Å². The van der Waals surface area contributed by atoms with E-state index in [1.165, 1.54) is 0 Å². The maximum absolute atomic E-state index is 12.3. The van der Waals surface area contributed by atoms with Gasteiger partial charge in [-0.15, -0.1) is 0 Å². The minimum Gasteiger partial charge on any atom is -0.393 e. The first-order valence-electron chi connectivity index (χ1n) is 8.17. The lowest BCUT2D eigenvalue weighted by molar-refractivity contribution is -0.134. The quantitative estimate of drug-likeness (QED) is 0.924. The van der Waals surface area contributed by atoms with Crippen molar-refractivity contribution in [2.24, 2.45) is 0 Å². The molecule has 0 spiro atoms. The zero-order chi connectivity index (χ0) is 17.0. The molecule has 0 unspecified atom stereocenters. The Morgan fingerprint density at radius 2 is 1.70 bits per heavy atom. The van der Waals surface area contributed by atoms with Crippen molar-refractivity contribution in [2.45, 2.75) is 45.6 Å². The van der Waals surface area contributed by atoms with Gasteiger partial charge in [-0.25, -0.2) is 0 Å².